The van der Waals surface area contributed by atoms with E-state index in [0.717, 1.165) is 30.8 Å². The van der Waals surface area contributed by atoms with E-state index in [1.807, 2.05) is 24.3 Å². The van der Waals surface area contributed by atoms with E-state index >= 15 is 0 Å². The van der Waals surface area contributed by atoms with Crippen molar-refractivity contribution in [3.8, 4) is 5.75 Å². The zero-order valence-electron chi connectivity index (χ0n) is 8.62. The van der Waals surface area contributed by atoms with Crippen LogP contribution in [0.1, 0.15) is 18.4 Å². The monoisotopic (exact) mass is 226 g/mol. The third kappa shape index (κ3) is 2.86. The molecule has 15 heavy (non-hydrogen) atoms. The molecule has 1 atom stereocenters. The van der Waals surface area contributed by atoms with Gasteiger partial charge in [-0.3, -0.25) is 0 Å². The molecule has 0 bridgehead atoms. The van der Waals surface area contributed by atoms with Gasteiger partial charge in [0, 0.05) is 12.2 Å². The van der Waals surface area contributed by atoms with E-state index in [4.69, 9.17) is 21.1 Å². The van der Waals surface area contributed by atoms with Crippen molar-refractivity contribution in [2.24, 2.45) is 0 Å². The average Bonchev–Trinajstić information content (AvgIpc) is 2.31. The summed E-state index contributed by atoms with van der Waals surface area (Å²) < 4.78 is 11.2. The Morgan fingerprint density at radius 2 is 2.27 bits per heavy atom. The Morgan fingerprint density at radius 3 is 3.00 bits per heavy atom. The highest BCUT2D eigenvalue weighted by Gasteiger charge is 2.16. The van der Waals surface area contributed by atoms with Crippen molar-refractivity contribution in [3.05, 3.63) is 29.8 Å². The average molecular weight is 227 g/mol. The Morgan fingerprint density at radius 1 is 1.40 bits per heavy atom. The van der Waals surface area contributed by atoms with Crippen LogP contribution in [0.2, 0.25) is 0 Å². The van der Waals surface area contributed by atoms with Crippen LogP contribution in [-0.2, 0) is 10.6 Å². The predicted molar refractivity (Wildman–Crippen MR) is 60.5 cm³/mol. The summed E-state index contributed by atoms with van der Waals surface area (Å²) in [4.78, 5) is 0. The van der Waals surface area contributed by atoms with Gasteiger partial charge in [-0.1, -0.05) is 18.2 Å². The third-order valence-corrected chi connectivity index (χ3v) is 2.82. The lowest BCUT2D eigenvalue weighted by molar-refractivity contribution is 0.00712. The smallest absolute Gasteiger partial charge is 0.124 e. The Hall–Kier alpha value is -0.730. The number of benzene rings is 1. The lowest BCUT2D eigenvalue weighted by atomic mass is 10.1. The molecule has 0 aromatic heterocycles. The molecule has 0 saturated carbocycles. The van der Waals surface area contributed by atoms with E-state index in [2.05, 4.69) is 0 Å². The molecular weight excluding hydrogens is 212 g/mol. The summed E-state index contributed by atoms with van der Waals surface area (Å²) >= 11 is 5.84. The van der Waals surface area contributed by atoms with Gasteiger partial charge in [0.25, 0.3) is 0 Å². The second kappa shape index (κ2) is 5.38. The maximum absolute atomic E-state index is 5.87. The number of hydrogen-bond donors (Lipinski definition) is 0. The maximum atomic E-state index is 5.87. The minimum atomic E-state index is 0.183. The molecule has 1 aliphatic heterocycles. The van der Waals surface area contributed by atoms with Crippen molar-refractivity contribution in [1.29, 1.82) is 0 Å². The van der Waals surface area contributed by atoms with Crippen molar-refractivity contribution in [1.82, 2.24) is 0 Å². The van der Waals surface area contributed by atoms with Crippen molar-refractivity contribution < 1.29 is 9.47 Å². The van der Waals surface area contributed by atoms with Gasteiger partial charge in [-0.05, 0) is 18.9 Å². The van der Waals surface area contributed by atoms with Gasteiger partial charge >= 0.3 is 0 Å². The highest BCUT2D eigenvalue weighted by molar-refractivity contribution is 6.17. The zero-order chi connectivity index (χ0) is 10.5. The summed E-state index contributed by atoms with van der Waals surface area (Å²) in [6, 6.07) is 7.90. The summed E-state index contributed by atoms with van der Waals surface area (Å²) in [7, 11) is 0. The molecule has 1 aliphatic rings. The number of halogens is 1. The summed E-state index contributed by atoms with van der Waals surface area (Å²) in [5, 5.41) is 0. The standard InChI is InChI=1S/C12H15ClO2/c13-8-10-4-1-2-6-12(10)15-11-5-3-7-14-9-11/h1-2,4,6,11H,3,5,7-9H2. The normalized spacial score (nSPS) is 21.3. The van der Waals surface area contributed by atoms with Crippen molar-refractivity contribution in [2.45, 2.75) is 24.8 Å². The third-order valence-electron chi connectivity index (χ3n) is 2.53. The molecule has 1 heterocycles. The van der Waals surface area contributed by atoms with E-state index in [1.165, 1.54) is 0 Å². The largest absolute Gasteiger partial charge is 0.488 e. The van der Waals surface area contributed by atoms with E-state index in [-0.39, 0.29) is 6.10 Å². The van der Waals surface area contributed by atoms with Crippen LogP contribution >= 0.6 is 11.6 Å². The fourth-order valence-electron chi connectivity index (χ4n) is 1.71. The van der Waals surface area contributed by atoms with E-state index in [1.54, 1.807) is 0 Å². The van der Waals surface area contributed by atoms with Crippen LogP contribution in [0.15, 0.2) is 24.3 Å². The number of alkyl halides is 1. The lowest BCUT2D eigenvalue weighted by Gasteiger charge is -2.24. The lowest BCUT2D eigenvalue weighted by Crippen LogP contribution is -2.28. The fourth-order valence-corrected chi connectivity index (χ4v) is 1.93. The topological polar surface area (TPSA) is 18.5 Å². The first-order valence-electron chi connectivity index (χ1n) is 5.28. The summed E-state index contributed by atoms with van der Waals surface area (Å²) in [6.07, 6.45) is 2.33. The Kier molecular flexibility index (Phi) is 3.87. The van der Waals surface area contributed by atoms with Gasteiger partial charge in [0.05, 0.1) is 12.5 Å². The minimum Gasteiger partial charge on any atom is -0.488 e. The maximum Gasteiger partial charge on any atom is 0.124 e. The van der Waals surface area contributed by atoms with Gasteiger partial charge in [0.2, 0.25) is 0 Å². The molecule has 0 spiro atoms. The van der Waals surface area contributed by atoms with Gasteiger partial charge in [-0.25, -0.2) is 0 Å². The SMILES string of the molecule is ClCc1ccccc1OC1CCCOC1. The molecule has 1 fully saturated rings. The molecule has 82 valence electrons. The van der Waals surface area contributed by atoms with Crippen molar-refractivity contribution >= 4 is 11.6 Å². The quantitative estimate of drug-likeness (QED) is 0.738. The van der Waals surface area contributed by atoms with Crippen LogP contribution in [0.4, 0.5) is 0 Å². The second-order valence-electron chi connectivity index (χ2n) is 3.70. The zero-order valence-corrected chi connectivity index (χ0v) is 9.37. The van der Waals surface area contributed by atoms with Crippen LogP contribution in [-0.4, -0.2) is 19.3 Å². The second-order valence-corrected chi connectivity index (χ2v) is 3.97. The predicted octanol–water partition coefficient (Wildman–Crippen LogP) is 2.98. The van der Waals surface area contributed by atoms with Crippen LogP contribution in [0.3, 0.4) is 0 Å². The van der Waals surface area contributed by atoms with Gasteiger partial charge in [-0.2, -0.15) is 0 Å². The van der Waals surface area contributed by atoms with Gasteiger partial charge in [0.15, 0.2) is 0 Å². The van der Waals surface area contributed by atoms with Crippen molar-refractivity contribution in [3.63, 3.8) is 0 Å². The molecular formula is C12H15ClO2. The molecule has 1 unspecified atom stereocenters. The van der Waals surface area contributed by atoms with Crippen LogP contribution in [0.25, 0.3) is 0 Å². The highest BCUT2D eigenvalue weighted by Crippen LogP contribution is 2.23. The van der Waals surface area contributed by atoms with Gasteiger partial charge in [0.1, 0.15) is 11.9 Å². The van der Waals surface area contributed by atoms with Crippen LogP contribution in [0.5, 0.6) is 5.75 Å². The summed E-state index contributed by atoms with van der Waals surface area (Å²) in [6.45, 7) is 1.55. The molecule has 1 saturated heterocycles. The first kappa shape index (κ1) is 10.8. The van der Waals surface area contributed by atoms with Crippen LogP contribution in [0, 0.1) is 0 Å². The Balaban J connectivity index is 2.02. The molecule has 0 aliphatic carbocycles. The molecule has 1 aromatic rings. The number of hydrogen-bond acceptors (Lipinski definition) is 2. The highest BCUT2D eigenvalue weighted by atomic mass is 35.5. The van der Waals surface area contributed by atoms with E-state index < -0.39 is 0 Å². The summed E-state index contributed by atoms with van der Waals surface area (Å²) in [5.41, 5.74) is 1.05. The number of ether oxygens (including phenoxy) is 2. The first-order valence-corrected chi connectivity index (χ1v) is 5.82. The van der Waals surface area contributed by atoms with Crippen LogP contribution < -0.4 is 4.74 Å². The van der Waals surface area contributed by atoms with Gasteiger partial charge in [-0.15, -0.1) is 11.6 Å². The van der Waals surface area contributed by atoms with E-state index in [0.29, 0.717) is 12.5 Å². The van der Waals surface area contributed by atoms with E-state index in [9.17, 15) is 0 Å². The molecule has 2 rings (SSSR count). The molecule has 2 nitrogen and oxygen atoms in total. The Labute approximate surface area is 95.1 Å². The molecule has 1 aromatic carbocycles. The minimum absolute atomic E-state index is 0.183. The number of para-hydroxylation sites is 1. The summed E-state index contributed by atoms with van der Waals surface area (Å²) in [5.74, 6) is 1.38. The Bertz CT molecular complexity index is 308. The molecule has 0 amide bonds. The van der Waals surface area contributed by atoms with Gasteiger partial charge < -0.3 is 9.47 Å². The van der Waals surface area contributed by atoms with Crippen molar-refractivity contribution in [2.75, 3.05) is 13.2 Å². The molecule has 0 N–H and O–H groups in total. The number of rotatable bonds is 3. The molecule has 3 heteroatoms. The fraction of sp³-hybridized carbons (Fsp3) is 0.500. The first-order chi connectivity index (χ1) is 7.40. The molecule has 0 radical (unpaired) electrons.